The number of benzene rings is 1. The maximum atomic E-state index is 13.7. The molecule has 21 heavy (non-hydrogen) atoms. The van der Waals surface area contributed by atoms with Crippen LogP contribution in [0.25, 0.3) is 0 Å². The molecular weight excluding hydrogens is 322 g/mol. The van der Waals surface area contributed by atoms with E-state index in [4.69, 9.17) is 9.88 Å². The summed E-state index contributed by atoms with van der Waals surface area (Å²) in [4.78, 5) is 4.37. The Morgan fingerprint density at radius 1 is 1.33 bits per heavy atom. The van der Waals surface area contributed by atoms with E-state index >= 15 is 0 Å². The molecule has 0 fully saturated rings. The Morgan fingerprint density at radius 3 is 2.43 bits per heavy atom. The van der Waals surface area contributed by atoms with Crippen LogP contribution in [0.4, 0.5) is 8.78 Å². The van der Waals surface area contributed by atoms with Crippen LogP contribution >= 0.6 is 11.3 Å². The van der Waals surface area contributed by atoms with E-state index in [0.29, 0.717) is 18.6 Å². The number of nitrogens with zero attached hydrogens (tertiary/aromatic N) is 1. The fourth-order valence-corrected chi connectivity index (χ4v) is 2.95. The third kappa shape index (κ3) is 3.74. The van der Waals surface area contributed by atoms with Crippen LogP contribution in [-0.4, -0.2) is 20.0 Å². The first-order valence-electron chi connectivity index (χ1n) is 5.82. The van der Waals surface area contributed by atoms with E-state index in [9.17, 15) is 17.2 Å². The number of aromatic nitrogens is 1. The van der Waals surface area contributed by atoms with Crippen LogP contribution in [-0.2, 0) is 16.4 Å². The molecule has 0 aliphatic heterocycles. The maximum Gasteiger partial charge on any atom is 0.238 e. The van der Waals surface area contributed by atoms with Crippen molar-refractivity contribution < 1.29 is 21.9 Å². The number of rotatable bonds is 5. The molecule has 0 unspecified atom stereocenters. The summed E-state index contributed by atoms with van der Waals surface area (Å²) in [5.41, 5.74) is 2.52. The van der Waals surface area contributed by atoms with Gasteiger partial charge < -0.3 is 4.74 Å². The predicted octanol–water partition coefficient (Wildman–Crippen LogP) is 2.00. The zero-order chi connectivity index (χ0) is 15.6. The van der Waals surface area contributed by atoms with Gasteiger partial charge in [-0.15, -0.1) is 11.3 Å². The average Bonchev–Trinajstić information content (AvgIpc) is 2.77. The Bertz CT molecular complexity index is 737. The number of hydrogen-bond donors (Lipinski definition) is 1. The van der Waals surface area contributed by atoms with Crippen molar-refractivity contribution in [3.63, 3.8) is 0 Å². The first kappa shape index (κ1) is 15.8. The quantitative estimate of drug-likeness (QED) is 0.906. The number of nitrogens with two attached hydrogens (primary N) is 1. The van der Waals surface area contributed by atoms with Gasteiger partial charge in [0.05, 0.1) is 22.7 Å². The van der Waals surface area contributed by atoms with Gasteiger partial charge >= 0.3 is 0 Å². The molecule has 2 aromatic rings. The van der Waals surface area contributed by atoms with E-state index in [2.05, 4.69) is 4.98 Å². The molecule has 0 amide bonds. The zero-order valence-corrected chi connectivity index (χ0v) is 12.6. The third-order valence-corrected chi connectivity index (χ3v) is 4.61. The Kier molecular flexibility index (Phi) is 4.55. The lowest BCUT2D eigenvalue weighted by atomic mass is 10.3. The van der Waals surface area contributed by atoms with Crippen molar-refractivity contribution in [1.82, 2.24) is 4.98 Å². The lowest BCUT2D eigenvalue weighted by molar-refractivity contribution is 0.288. The zero-order valence-electron chi connectivity index (χ0n) is 11.0. The molecule has 2 N–H and O–H groups in total. The van der Waals surface area contributed by atoms with E-state index < -0.39 is 32.3 Å². The summed E-state index contributed by atoms with van der Waals surface area (Å²) in [7, 11) is -4.17. The first-order chi connectivity index (χ1) is 9.79. The lowest BCUT2D eigenvalue weighted by Crippen LogP contribution is -2.13. The van der Waals surface area contributed by atoms with Gasteiger partial charge in [0.2, 0.25) is 10.0 Å². The summed E-state index contributed by atoms with van der Waals surface area (Å²) in [6.07, 6.45) is 0.451. The molecule has 0 spiro atoms. The van der Waals surface area contributed by atoms with Crippen molar-refractivity contribution >= 4 is 21.4 Å². The summed E-state index contributed by atoms with van der Waals surface area (Å²) in [5.74, 6) is -2.84. The minimum Gasteiger partial charge on any atom is -0.487 e. The van der Waals surface area contributed by atoms with Crippen LogP contribution < -0.4 is 9.88 Å². The van der Waals surface area contributed by atoms with E-state index in [1.165, 1.54) is 11.3 Å². The highest BCUT2D eigenvalue weighted by Crippen LogP contribution is 2.25. The van der Waals surface area contributed by atoms with Crippen molar-refractivity contribution in [3.8, 4) is 5.75 Å². The minimum atomic E-state index is -4.17. The van der Waals surface area contributed by atoms with Crippen molar-refractivity contribution in [2.75, 3.05) is 6.61 Å². The second kappa shape index (κ2) is 6.04. The minimum absolute atomic E-state index is 0.0472. The van der Waals surface area contributed by atoms with Crippen molar-refractivity contribution in [2.45, 2.75) is 18.2 Å². The van der Waals surface area contributed by atoms with Gasteiger partial charge in [-0.3, -0.25) is 0 Å². The van der Waals surface area contributed by atoms with Gasteiger partial charge in [0, 0.05) is 11.3 Å². The highest BCUT2D eigenvalue weighted by atomic mass is 32.2. The highest BCUT2D eigenvalue weighted by molar-refractivity contribution is 7.89. The highest BCUT2D eigenvalue weighted by Gasteiger charge is 2.18. The standard InChI is InChI=1S/C12H12F2N2O3S2/c1-7-11(20-6-16-7)2-3-19-12-9(13)4-8(5-10(12)14)21(15,17)18/h4-6H,2-3H2,1H3,(H2,15,17,18). The number of ether oxygens (including phenoxy) is 1. The number of primary sulfonamides is 1. The number of hydrogen-bond acceptors (Lipinski definition) is 5. The Labute approximate surface area is 124 Å². The second-order valence-electron chi connectivity index (χ2n) is 4.22. The number of halogens is 2. The topological polar surface area (TPSA) is 82.3 Å². The predicted molar refractivity (Wildman–Crippen MR) is 73.8 cm³/mol. The third-order valence-electron chi connectivity index (χ3n) is 2.72. The van der Waals surface area contributed by atoms with Crippen molar-refractivity contribution in [3.05, 3.63) is 39.8 Å². The van der Waals surface area contributed by atoms with E-state index in [1.807, 2.05) is 6.92 Å². The smallest absolute Gasteiger partial charge is 0.238 e. The summed E-state index contributed by atoms with van der Waals surface area (Å²) >= 11 is 1.42. The monoisotopic (exact) mass is 334 g/mol. The SMILES string of the molecule is Cc1ncsc1CCOc1c(F)cc(S(N)(=O)=O)cc1F. The average molecular weight is 334 g/mol. The van der Waals surface area contributed by atoms with Crippen LogP contribution in [0, 0.1) is 18.6 Å². The summed E-state index contributed by atoms with van der Waals surface area (Å²) in [5, 5.41) is 4.82. The van der Waals surface area contributed by atoms with Crippen LogP contribution in [0.1, 0.15) is 10.6 Å². The molecule has 114 valence electrons. The molecule has 5 nitrogen and oxygen atoms in total. The molecule has 0 saturated carbocycles. The Morgan fingerprint density at radius 2 is 1.95 bits per heavy atom. The van der Waals surface area contributed by atoms with E-state index in [0.717, 1.165) is 10.6 Å². The van der Waals surface area contributed by atoms with Crippen molar-refractivity contribution in [2.24, 2.45) is 5.14 Å². The van der Waals surface area contributed by atoms with Gasteiger partial charge in [0.1, 0.15) is 0 Å². The molecule has 0 aliphatic carbocycles. The summed E-state index contributed by atoms with van der Waals surface area (Å²) < 4.78 is 54.5. The number of aryl methyl sites for hydroxylation is 1. The molecule has 0 atom stereocenters. The Hall–Kier alpha value is -1.58. The Balaban J connectivity index is 2.12. The molecule has 9 heteroatoms. The molecule has 0 radical (unpaired) electrons. The molecule has 1 aromatic carbocycles. The number of thiazole rings is 1. The number of sulfonamides is 1. The fraction of sp³-hybridized carbons (Fsp3) is 0.250. The molecule has 1 heterocycles. The lowest BCUT2D eigenvalue weighted by Gasteiger charge is -2.09. The normalized spacial score (nSPS) is 11.6. The summed E-state index contributed by atoms with van der Waals surface area (Å²) in [6.45, 7) is 1.87. The van der Waals surface area contributed by atoms with Gasteiger partial charge in [-0.1, -0.05) is 0 Å². The second-order valence-corrected chi connectivity index (χ2v) is 6.72. The molecular formula is C12H12F2N2O3S2. The van der Waals surface area contributed by atoms with Crippen LogP contribution in [0.5, 0.6) is 5.75 Å². The molecule has 0 aliphatic rings. The van der Waals surface area contributed by atoms with Gasteiger partial charge in [0.25, 0.3) is 0 Å². The van der Waals surface area contributed by atoms with Crippen LogP contribution in [0.15, 0.2) is 22.5 Å². The molecule has 2 rings (SSSR count). The molecule has 0 saturated heterocycles. The van der Waals surface area contributed by atoms with E-state index in [-0.39, 0.29) is 6.61 Å². The van der Waals surface area contributed by atoms with Gasteiger partial charge in [-0.05, 0) is 19.1 Å². The van der Waals surface area contributed by atoms with Crippen LogP contribution in [0.3, 0.4) is 0 Å². The van der Waals surface area contributed by atoms with Crippen LogP contribution in [0.2, 0.25) is 0 Å². The van der Waals surface area contributed by atoms with Gasteiger partial charge in [-0.2, -0.15) is 0 Å². The van der Waals surface area contributed by atoms with E-state index in [1.54, 1.807) is 5.51 Å². The van der Waals surface area contributed by atoms with Crippen molar-refractivity contribution in [1.29, 1.82) is 0 Å². The maximum absolute atomic E-state index is 13.7. The van der Waals surface area contributed by atoms with Gasteiger partial charge in [-0.25, -0.2) is 27.3 Å². The first-order valence-corrected chi connectivity index (χ1v) is 8.25. The summed E-state index contributed by atoms with van der Waals surface area (Å²) in [6, 6.07) is 1.26. The van der Waals surface area contributed by atoms with Gasteiger partial charge in [0.15, 0.2) is 17.4 Å². The fourth-order valence-electron chi connectivity index (χ4n) is 1.65. The largest absolute Gasteiger partial charge is 0.487 e. The molecule has 0 bridgehead atoms. The molecule has 1 aromatic heterocycles.